The summed E-state index contributed by atoms with van der Waals surface area (Å²) in [7, 11) is 2.18. The highest BCUT2D eigenvalue weighted by atomic mass is 35.5. The molecule has 0 spiro atoms. The molecule has 0 saturated heterocycles. The highest BCUT2D eigenvalue weighted by Crippen LogP contribution is 2.55. The molecule has 0 saturated carbocycles. The second-order valence-electron chi connectivity index (χ2n) is 6.32. The Morgan fingerprint density at radius 3 is 2.91 bits per heavy atom. The molecule has 0 unspecified atom stereocenters. The fourth-order valence-corrected chi connectivity index (χ4v) is 4.13. The summed E-state index contributed by atoms with van der Waals surface area (Å²) in [5, 5.41) is 10.5. The van der Waals surface area contributed by atoms with Crippen LogP contribution >= 0.6 is 12.4 Å². The van der Waals surface area contributed by atoms with Crippen molar-refractivity contribution in [3.05, 3.63) is 41.0 Å². The molecule has 2 aromatic rings. The third-order valence-corrected chi connectivity index (χ3v) is 5.18. The molecule has 2 aromatic carbocycles. The van der Waals surface area contributed by atoms with Crippen LogP contribution < -0.4 is 9.47 Å². The number of rotatable bonds is 0. The van der Waals surface area contributed by atoms with Crippen molar-refractivity contribution in [1.29, 1.82) is 0 Å². The van der Waals surface area contributed by atoms with Gasteiger partial charge in [0, 0.05) is 23.7 Å². The summed E-state index contributed by atoms with van der Waals surface area (Å²) in [6, 6.07) is 8.26. The minimum atomic E-state index is 0. The van der Waals surface area contributed by atoms with E-state index in [-0.39, 0.29) is 19.2 Å². The van der Waals surface area contributed by atoms with Gasteiger partial charge in [-0.1, -0.05) is 12.1 Å². The first-order valence-corrected chi connectivity index (χ1v) is 7.71. The second-order valence-corrected chi connectivity index (χ2v) is 6.32. The molecule has 1 N–H and O–H groups in total. The third kappa shape index (κ3) is 1.88. The fraction of sp³-hybridized carbons (Fsp3) is 0.333. The van der Waals surface area contributed by atoms with Gasteiger partial charge in [-0.25, -0.2) is 0 Å². The Balaban J connectivity index is 0.00000135. The molecule has 1 atom stereocenters. The van der Waals surface area contributed by atoms with Gasteiger partial charge in [-0.05, 0) is 48.7 Å². The van der Waals surface area contributed by atoms with Crippen LogP contribution in [0.3, 0.4) is 0 Å². The predicted molar refractivity (Wildman–Crippen MR) is 89.7 cm³/mol. The van der Waals surface area contributed by atoms with Crippen molar-refractivity contribution in [2.75, 3.05) is 20.4 Å². The maximum Gasteiger partial charge on any atom is 0.231 e. The minimum absolute atomic E-state index is 0. The highest BCUT2D eigenvalue weighted by molar-refractivity contribution is 5.87. The van der Waals surface area contributed by atoms with Gasteiger partial charge in [-0.15, -0.1) is 12.4 Å². The van der Waals surface area contributed by atoms with Gasteiger partial charge in [-0.2, -0.15) is 0 Å². The molecule has 2 heterocycles. The van der Waals surface area contributed by atoms with Crippen molar-refractivity contribution >= 4 is 12.4 Å². The van der Waals surface area contributed by atoms with Crippen LogP contribution in [0.25, 0.3) is 11.1 Å². The number of likely N-dealkylation sites (N-methyl/N-ethyl adjacent to an activating group) is 1. The molecule has 3 aliphatic rings. The van der Waals surface area contributed by atoms with Crippen LogP contribution in [0.2, 0.25) is 0 Å². The Hall–Kier alpha value is -1.91. The zero-order valence-electron chi connectivity index (χ0n) is 12.8. The van der Waals surface area contributed by atoms with Crippen molar-refractivity contribution < 1.29 is 14.6 Å². The molecule has 0 amide bonds. The maximum absolute atomic E-state index is 10.5. The van der Waals surface area contributed by atoms with Crippen LogP contribution in [-0.4, -0.2) is 30.4 Å². The van der Waals surface area contributed by atoms with Crippen LogP contribution in [0.5, 0.6) is 17.2 Å². The van der Waals surface area contributed by atoms with Gasteiger partial charge in [0.1, 0.15) is 5.75 Å². The van der Waals surface area contributed by atoms with Gasteiger partial charge in [-0.3, -0.25) is 4.90 Å². The lowest BCUT2D eigenvalue weighted by molar-refractivity contribution is 0.174. The summed E-state index contributed by atoms with van der Waals surface area (Å²) < 4.78 is 11.4. The van der Waals surface area contributed by atoms with Crippen LogP contribution in [0.4, 0.5) is 0 Å². The number of phenols is 1. The summed E-state index contributed by atoms with van der Waals surface area (Å²) in [6.07, 6.45) is 1.94. The second kappa shape index (κ2) is 5.05. The molecule has 2 aliphatic heterocycles. The number of aromatic hydroxyl groups is 1. The van der Waals surface area contributed by atoms with Gasteiger partial charge in [0.05, 0.1) is 0 Å². The van der Waals surface area contributed by atoms with Crippen LogP contribution in [0.15, 0.2) is 24.3 Å². The van der Waals surface area contributed by atoms with E-state index in [0.717, 1.165) is 42.0 Å². The van der Waals surface area contributed by atoms with Crippen LogP contribution in [-0.2, 0) is 12.8 Å². The first-order valence-electron chi connectivity index (χ1n) is 7.71. The third-order valence-electron chi connectivity index (χ3n) is 5.18. The lowest BCUT2D eigenvalue weighted by atomic mass is 9.76. The monoisotopic (exact) mass is 331 g/mol. The Morgan fingerprint density at radius 1 is 1.17 bits per heavy atom. The maximum atomic E-state index is 10.5. The van der Waals surface area contributed by atoms with E-state index in [4.69, 9.17) is 9.47 Å². The van der Waals surface area contributed by atoms with E-state index >= 15 is 0 Å². The zero-order chi connectivity index (χ0) is 14.8. The summed E-state index contributed by atoms with van der Waals surface area (Å²) in [6.45, 7) is 1.31. The smallest absolute Gasteiger partial charge is 0.231 e. The summed E-state index contributed by atoms with van der Waals surface area (Å²) in [5.41, 5.74) is 5.79. The van der Waals surface area contributed by atoms with Gasteiger partial charge in [0.2, 0.25) is 6.79 Å². The molecule has 5 heteroatoms. The Labute approximate surface area is 141 Å². The van der Waals surface area contributed by atoms with E-state index in [1.165, 1.54) is 16.7 Å². The number of halogens is 1. The average molecular weight is 332 g/mol. The SMILES string of the molecule is CN1CCc2cc3c(c4c2[C@H]1Cc1cccc(O)c1-4)OCO3.Cl. The fourth-order valence-electron chi connectivity index (χ4n) is 4.13. The normalized spacial score (nSPS) is 20.5. The van der Waals surface area contributed by atoms with Gasteiger partial charge in [0.15, 0.2) is 11.5 Å². The number of nitrogens with zero attached hydrogens (tertiary/aromatic N) is 1. The standard InChI is InChI=1S/C18H17NO3.ClH/c1-19-6-5-11-8-14-18(22-9-21-14)17-15(11)12(19)7-10-3-2-4-13(20)16(10)17;/h2-4,8,12,20H,5-7,9H2,1H3;1H/t12-;/m1./s1. The van der Waals surface area contributed by atoms with Gasteiger partial charge in [0.25, 0.3) is 0 Å². The van der Waals surface area contributed by atoms with Crippen molar-refractivity contribution in [2.24, 2.45) is 0 Å². The molecular formula is C18H18ClNO3. The lowest BCUT2D eigenvalue weighted by Crippen LogP contribution is -2.35. The molecule has 0 aromatic heterocycles. The largest absolute Gasteiger partial charge is 0.507 e. The first-order chi connectivity index (χ1) is 10.7. The number of phenolic OH excluding ortho intramolecular Hbond substituents is 1. The Bertz CT molecular complexity index is 805. The molecule has 120 valence electrons. The van der Waals surface area contributed by atoms with E-state index in [1.807, 2.05) is 6.07 Å². The molecule has 0 bridgehead atoms. The van der Waals surface area contributed by atoms with E-state index in [2.05, 4.69) is 24.1 Å². The van der Waals surface area contributed by atoms with Crippen molar-refractivity contribution in [1.82, 2.24) is 4.90 Å². The van der Waals surface area contributed by atoms with Gasteiger partial charge < -0.3 is 14.6 Å². The molecule has 1 aliphatic carbocycles. The van der Waals surface area contributed by atoms with E-state index in [9.17, 15) is 5.11 Å². The Morgan fingerprint density at radius 2 is 2.04 bits per heavy atom. The summed E-state index contributed by atoms with van der Waals surface area (Å²) >= 11 is 0. The van der Waals surface area contributed by atoms with E-state index in [1.54, 1.807) is 6.07 Å². The van der Waals surface area contributed by atoms with E-state index in [0.29, 0.717) is 11.8 Å². The summed E-state index contributed by atoms with van der Waals surface area (Å²) in [5.74, 6) is 1.94. The number of hydrogen-bond donors (Lipinski definition) is 1. The van der Waals surface area contributed by atoms with Crippen molar-refractivity contribution in [2.45, 2.75) is 18.9 Å². The average Bonchev–Trinajstić information content (AvgIpc) is 2.98. The number of fused-ring (bicyclic) bond motifs is 4. The predicted octanol–water partition coefficient (Wildman–Crippen LogP) is 3.29. The molecule has 0 radical (unpaired) electrons. The molecule has 0 fully saturated rings. The number of ether oxygens (including phenoxy) is 2. The van der Waals surface area contributed by atoms with Crippen LogP contribution in [0, 0.1) is 0 Å². The quantitative estimate of drug-likeness (QED) is 0.804. The molecular weight excluding hydrogens is 314 g/mol. The van der Waals surface area contributed by atoms with Gasteiger partial charge >= 0.3 is 0 Å². The number of hydrogen-bond acceptors (Lipinski definition) is 4. The minimum Gasteiger partial charge on any atom is -0.507 e. The molecule has 23 heavy (non-hydrogen) atoms. The highest BCUT2D eigenvalue weighted by Gasteiger charge is 2.38. The summed E-state index contributed by atoms with van der Waals surface area (Å²) in [4.78, 5) is 2.40. The Kier molecular flexibility index (Phi) is 3.22. The van der Waals surface area contributed by atoms with Crippen LogP contribution in [0.1, 0.15) is 22.7 Å². The van der Waals surface area contributed by atoms with Crippen molar-refractivity contribution in [3.63, 3.8) is 0 Å². The zero-order valence-corrected chi connectivity index (χ0v) is 13.7. The first kappa shape index (κ1) is 14.7. The lowest BCUT2D eigenvalue weighted by Gasteiger charge is -2.40. The topological polar surface area (TPSA) is 41.9 Å². The molecule has 4 nitrogen and oxygen atoms in total. The van der Waals surface area contributed by atoms with E-state index < -0.39 is 0 Å². The number of benzene rings is 2. The van der Waals surface area contributed by atoms with Crippen molar-refractivity contribution in [3.8, 4) is 28.4 Å². The molecule has 5 rings (SSSR count).